The summed E-state index contributed by atoms with van der Waals surface area (Å²) in [5.41, 5.74) is 4.86. The molecule has 1 fully saturated rings. The first-order chi connectivity index (χ1) is 14.7. The van der Waals surface area contributed by atoms with E-state index < -0.39 is 0 Å². The molecule has 3 atom stereocenters. The summed E-state index contributed by atoms with van der Waals surface area (Å²) in [7, 11) is 0. The van der Waals surface area contributed by atoms with Crippen molar-refractivity contribution in [2.45, 2.75) is 39.0 Å². The molecule has 1 saturated heterocycles. The Kier molecular flexibility index (Phi) is 6.60. The van der Waals surface area contributed by atoms with Gasteiger partial charge in [0.25, 0.3) is 0 Å². The van der Waals surface area contributed by atoms with E-state index in [9.17, 15) is 0 Å². The molecule has 0 saturated carbocycles. The summed E-state index contributed by atoms with van der Waals surface area (Å²) in [4.78, 5) is 5.87. The van der Waals surface area contributed by atoms with E-state index in [4.69, 9.17) is 9.99 Å². The average Bonchev–Trinajstić information content (AvgIpc) is 2.80. The van der Waals surface area contributed by atoms with Gasteiger partial charge < -0.3 is 10.2 Å². The summed E-state index contributed by atoms with van der Waals surface area (Å²) in [6.07, 6.45) is 0.852. The Morgan fingerprint density at radius 1 is 0.833 bits per heavy atom. The quantitative estimate of drug-likeness (QED) is 0.494. The molecule has 0 aliphatic carbocycles. The van der Waals surface area contributed by atoms with Gasteiger partial charge in [0.1, 0.15) is 6.61 Å². The molecule has 3 nitrogen and oxygen atoms in total. The Labute approximate surface area is 179 Å². The zero-order valence-corrected chi connectivity index (χ0v) is 17.7. The average molecular weight is 399 g/mol. The van der Waals surface area contributed by atoms with E-state index in [2.05, 4.69) is 92.0 Å². The smallest absolute Gasteiger partial charge is 0.142 e. The van der Waals surface area contributed by atoms with Crippen LogP contribution in [0.25, 0.3) is 0 Å². The number of oxime groups is 1. The van der Waals surface area contributed by atoms with Gasteiger partial charge in [0.15, 0.2) is 0 Å². The third-order valence-electron chi connectivity index (χ3n) is 5.87. The van der Waals surface area contributed by atoms with Crippen molar-refractivity contribution in [2.24, 2.45) is 17.0 Å². The van der Waals surface area contributed by atoms with Gasteiger partial charge in [-0.2, -0.15) is 0 Å². The van der Waals surface area contributed by atoms with Crippen molar-refractivity contribution in [1.29, 1.82) is 0 Å². The Hall–Kier alpha value is -2.91. The van der Waals surface area contributed by atoms with Gasteiger partial charge in [0.2, 0.25) is 0 Å². The van der Waals surface area contributed by atoms with E-state index in [-0.39, 0.29) is 18.0 Å². The maximum Gasteiger partial charge on any atom is 0.142 e. The SMILES string of the molecule is CC(C)C1/C(=N/OCc2ccccc2)CC(c2ccccc2)NC1c1ccccc1. The molecule has 30 heavy (non-hydrogen) atoms. The topological polar surface area (TPSA) is 33.6 Å². The lowest BCUT2D eigenvalue weighted by Crippen LogP contribution is -2.44. The minimum Gasteiger partial charge on any atom is -0.391 e. The van der Waals surface area contributed by atoms with Crippen molar-refractivity contribution >= 4 is 5.71 Å². The minimum absolute atomic E-state index is 0.198. The van der Waals surface area contributed by atoms with Crippen LogP contribution in [0.2, 0.25) is 0 Å². The van der Waals surface area contributed by atoms with Gasteiger partial charge in [-0.3, -0.25) is 0 Å². The number of hydrogen-bond acceptors (Lipinski definition) is 3. The first-order valence-electron chi connectivity index (χ1n) is 10.8. The van der Waals surface area contributed by atoms with Gasteiger partial charge in [-0.05, 0) is 22.6 Å². The molecule has 4 rings (SSSR count). The highest BCUT2D eigenvalue weighted by molar-refractivity contribution is 5.89. The third kappa shape index (κ3) is 4.80. The highest BCUT2D eigenvalue weighted by atomic mass is 16.6. The molecule has 0 bridgehead atoms. The molecule has 0 spiro atoms. The van der Waals surface area contributed by atoms with Crippen molar-refractivity contribution in [3.8, 4) is 0 Å². The van der Waals surface area contributed by atoms with Gasteiger partial charge in [-0.1, -0.05) is 110 Å². The van der Waals surface area contributed by atoms with Crippen molar-refractivity contribution in [2.75, 3.05) is 0 Å². The molecule has 1 aliphatic heterocycles. The molecule has 0 radical (unpaired) electrons. The lowest BCUT2D eigenvalue weighted by molar-refractivity contribution is 0.124. The predicted molar refractivity (Wildman–Crippen MR) is 123 cm³/mol. The Morgan fingerprint density at radius 2 is 1.40 bits per heavy atom. The van der Waals surface area contributed by atoms with Crippen LogP contribution < -0.4 is 5.32 Å². The summed E-state index contributed by atoms with van der Waals surface area (Å²) in [5.74, 6) is 0.724. The second-order valence-corrected chi connectivity index (χ2v) is 8.33. The van der Waals surface area contributed by atoms with Crippen LogP contribution in [0, 0.1) is 11.8 Å². The largest absolute Gasteiger partial charge is 0.391 e. The number of nitrogens with one attached hydrogen (secondary N) is 1. The summed E-state index contributed by atoms with van der Waals surface area (Å²) >= 11 is 0. The Bertz CT molecular complexity index is 938. The van der Waals surface area contributed by atoms with Crippen LogP contribution in [-0.4, -0.2) is 5.71 Å². The number of piperidine rings is 1. The van der Waals surface area contributed by atoms with Crippen LogP contribution in [0.15, 0.2) is 96.2 Å². The first kappa shape index (κ1) is 20.4. The fourth-order valence-corrected chi connectivity index (χ4v) is 4.41. The van der Waals surface area contributed by atoms with E-state index in [0.29, 0.717) is 12.5 Å². The molecular formula is C27H30N2O. The zero-order valence-electron chi connectivity index (χ0n) is 17.7. The highest BCUT2D eigenvalue weighted by Crippen LogP contribution is 2.39. The monoisotopic (exact) mass is 398 g/mol. The van der Waals surface area contributed by atoms with E-state index in [0.717, 1.165) is 17.7 Å². The molecule has 3 heteroatoms. The van der Waals surface area contributed by atoms with E-state index in [1.54, 1.807) is 0 Å². The van der Waals surface area contributed by atoms with Crippen LogP contribution in [-0.2, 0) is 11.4 Å². The second-order valence-electron chi connectivity index (χ2n) is 8.33. The lowest BCUT2D eigenvalue weighted by Gasteiger charge is -2.40. The highest BCUT2D eigenvalue weighted by Gasteiger charge is 2.38. The summed E-state index contributed by atoms with van der Waals surface area (Å²) in [6, 6.07) is 32.0. The molecule has 1 N–H and O–H groups in total. The van der Waals surface area contributed by atoms with E-state index in [1.165, 1.54) is 11.1 Å². The van der Waals surface area contributed by atoms with Crippen LogP contribution >= 0.6 is 0 Å². The minimum atomic E-state index is 0.198. The Balaban J connectivity index is 1.64. The van der Waals surface area contributed by atoms with Crippen LogP contribution in [0.1, 0.15) is 49.0 Å². The zero-order chi connectivity index (χ0) is 20.8. The van der Waals surface area contributed by atoms with Crippen molar-refractivity contribution in [3.63, 3.8) is 0 Å². The van der Waals surface area contributed by atoms with Gasteiger partial charge in [0.05, 0.1) is 5.71 Å². The summed E-state index contributed by atoms with van der Waals surface area (Å²) in [5, 5.41) is 8.63. The number of rotatable bonds is 6. The van der Waals surface area contributed by atoms with E-state index in [1.807, 2.05) is 18.2 Å². The second kappa shape index (κ2) is 9.73. The maximum absolute atomic E-state index is 5.87. The molecule has 0 amide bonds. The van der Waals surface area contributed by atoms with Crippen molar-refractivity contribution in [1.82, 2.24) is 5.32 Å². The fraction of sp³-hybridized carbons (Fsp3) is 0.296. The van der Waals surface area contributed by atoms with Gasteiger partial charge in [-0.15, -0.1) is 0 Å². The molecule has 154 valence electrons. The molecule has 3 aromatic carbocycles. The predicted octanol–water partition coefficient (Wildman–Crippen LogP) is 6.31. The first-order valence-corrected chi connectivity index (χ1v) is 10.8. The summed E-state index contributed by atoms with van der Waals surface area (Å²) < 4.78 is 0. The number of benzene rings is 3. The third-order valence-corrected chi connectivity index (χ3v) is 5.87. The molecule has 0 aromatic heterocycles. The standard InChI is InChI=1S/C27H30N2O/c1-20(2)26-25(29-30-19-21-12-6-3-7-13-21)18-24(22-14-8-4-9-15-22)28-27(26)23-16-10-5-11-17-23/h3-17,20,24,26-28H,18-19H2,1-2H3/b29-25+. The molecule has 3 unspecified atom stereocenters. The van der Waals surface area contributed by atoms with Crippen molar-refractivity contribution in [3.05, 3.63) is 108 Å². The van der Waals surface area contributed by atoms with Gasteiger partial charge in [0, 0.05) is 24.4 Å². The maximum atomic E-state index is 5.87. The van der Waals surface area contributed by atoms with Crippen molar-refractivity contribution < 1.29 is 4.84 Å². The van der Waals surface area contributed by atoms with Gasteiger partial charge in [-0.25, -0.2) is 0 Å². The van der Waals surface area contributed by atoms with Crippen LogP contribution in [0.3, 0.4) is 0 Å². The normalized spacial score (nSPS) is 22.9. The van der Waals surface area contributed by atoms with Gasteiger partial charge >= 0.3 is 0 Å². The number of nitrogens with zero attached hydrogens (tertiary/aromatic N) is 1. The molecular weight excluding hydrogens is 368 g/mol. The summed E-state index contributed by atoms with van der Waals surface area (Å²) in [6.45, 7) is 5.05. The molecule has 1 heterocycles. The molecule has 3 aromatic rings. The van der Waals surface area contributed by atoms with E-state index >= 15 is 0 Å². The lowest BCUT2D eigenvalue weighted by atomic mass is 9.75. The molecule has 1 aliphatic rings. The van der Waals surface area contributed by atoms with Crippen LogP contribution in [0.4, 0.5) is 0 Å². The number of hydrogen-bond donors (Lipinski definition) is 1. The van der Waals surface area contributed by atoms with Crippen LogP contribution in [0.5, 0.6) is 0 Å². The Morgan fingerprint density at radius 3 is 2.00 bits per heavy atom. The fourth-order valence-electron chi connectivity index (χ4n) is 4.41.